The lowest BCUT2D eigenvalue weighted by Crippen LogP contribution is -2.60. The summed E-state index contributed by atoms with van der Waals surface area (Å²) in [6.07, 6.45) is 3.35. The van der Waals surface area contributed by atoms with Crippen LogP contribution in [0.5, 0.6) is 11.5 Å². The zero-order valence-electron chi connectivity index (χ0n) is 24.4. The molecule has 2 aliphatic rings. The minimum atomic E-state index is -1.01. The molecule has 0 aliphatic carbocycles. The third kappa shape index (κ3) is 7.32. The van der Waals surface area contributed by atoms with Gasteiger partial charge in [-0.3, -0.25) is 19.2 Å². The zero-order valence-corrected chi connectivity index (χ0v) is 24.4. The van der Waals surface area contributed by atoms with Gasteiger partial charge in [0.05, 0.1) is 13.2 Å². The number of amides is 4. The molecule has 1 aromatic carbocycles. The number of nitrogens with one attached hydrogen (secondary N) is 4. The second-order valence-electron chi connectivity index (χ2n) is 11.1. The van der Waals surface area contributed by atoms with Gasteiger partial charge in [-0.15, -0.1) is 0 Å². The highest BCUT2D eigenvalue weighted by molar-refractivity contribution is 5.96. The highest BCUT2D eigenvalue weighted by atomic mass is 16.5. The summed E-state index contributed by atoms with van der Waals surface area (Å²) < 4.78 is 11.8. The standard InChI is InChI=1S/C29H43N5O6/c1-16(2)14-21-27(36)31-12-10-19-15-20(8-9-22(19)39-7)40-23-11-13-34(25(23)28(37)32-21)29(38)24(17(3)4)33-26(35)18(5)30-6/h8-10,12,15-18,21,23-25,30H,11,13-14H2,1-7H3,(H,31,36)(H,32,37)(H,33,35). The van der Waals surface area contributed by atoms with Crippen LogP contribution in [0, 0.1) is 11.8 Å². The lowest BCUT2D eigenvalue weighted by molar-refractivity contribution is -0.144. The van der Waals surface area contributed by atoms with Gasteiger partial charge in [-0.2, -0.15) is 0 Å². The highest BCUT2D eigenvalue weighted by Crippen LogP contribution is 2.30. The Balaban J connectivity index is 2.01. The molecule has 2 aliphatic heterocycles. The molecule has 0 spiro atoms. The van der Waals surface area contributed by atoms with Crippen LogP contribution in [-0.2, 0) is 19.2 Å². The Morgan fingerprint density at radius 1 is 1.15 bits per heavy atom. The third-order valence-corrected chi connectivity index (χ3v) is 7.27. The number of likely N-dealkylation sites (tertiary alicyclic amines) is 1. The molecule has 0 aromatic heterocycles. The van der Waals surface area contributed by atoms with Gasteiger partial charge in [0.25, 0.3) is 0 Å². The van der Waals surface area contributed by atoms with E-state index in [9.17, 15) is 19.2 Å². The van der Waals surface area contributed by atoms with E-state index < -0.39 is 36.2 Å². The average Bonchev–Trinajstić information content (AvgIpc) is 3.33. The fourth-order valence-corrected chi connectivity index (χ4v) is 4.91. The van der Waals surface area contributed by atoms with Crippen LogP contribution in [0.4, 0.5) is 0 Å². The van der Waals surface area contributed by atoms with Gasteiger partial charge in [0, 0.05) is 24.7 Å². The fraction of sp³-hybridized carbons (Fsp3) is 0.586. The maximum absolute atomic E-state index is 13.9. The van der Waals surface area contributed by atoms with Crippen molar-refractivity contribution in [3.8, 4) is 11.5 Å². The first-order valence-corrected chi connectivity index (χ1v) is 13.9. The van der Waals surface area contributed by atoms with Crippen LogP contribution < -0.4 is 30.7 Å². The van der Waals surface area contributed by atoms with Crippen molar-refractivity contribution < 1.29 is 28.7 Å². The molecule has 2 bridgehead atoms. The number of hydrogen-bond acceptors (Lipinski definition) is 7. The van der Waals surface area contributed by atoms with Gasteiger partial charge >= 0.3 is 0 Å². The molecule has 1 aromatic rings. The van der Waals surface area contributed by atoms with E-state index in [4.69, 9.17) is 9.47 Å². The lowest BCUT2D eigenvalue weighted by atomic mass is 10.0. The Hall–Kier alpha value is -3.60. The van der Waals surface area contributed by atoms with E-state index >= 15 is 0 Å². The Kier molecular flexibility index (Phi) is 10.6. The lowest BCUT2D eigenvalue weighted by Gasteiger charge is -2.33. The summed E-state index contributed by atoms with van der Waals surface area (Å²) in [5.41, 5.74) is 0.683. The zero-order chi connectivity index (χ0) is 29.6. The van der Waals surface area contributed by atoms with Crippen LogP contribution in [-0.4, -0.2) is 79.5 Å². The molecule has 3 rings (SSSR count). The molecular weight excluding hydrogens is 514 g/mol. The van der Waals surface area contributed by atoms with Crippen molar-refractivity contribution in [2.75, 3.05) is 20.7 Å². The second-order valence-corrected chi connectivity index (χ2v) is 11.1. The molecular formula is C29H43N5O6. The van der Waals surface area contributed by atoms with Crippen molar-refractivity contribution in [3.05, 3.63) is 30.0 Å². The summed E-state index contributed by atoms with van der Waals surface area (Å²) in [6, 6.07) is 2.09. The molecule has 5 atom stereocenters. The molecule has 11 nitrogen and oxygen atoms in total. The number of carbonyl (C=O) groups excluding carboxylic acids is 4. The molecule has 5 unspecified atom stereocenters. The van der Waals surface area contributed by atoms with E-state index in [2.05, 4.69) is 21.3 Å². The Bertz CT molecular complexity index is 1120. The van der Waals surface area contributed by atoms with Crippen molar-refractivity contribution in [1.29, 1.82) is 0 Å². The van der Waals surface area contributed by atoms with Crippen LogP contribution in [0.15, 0.2) is 24.4 Å². The van der Waals surface area contributed by atoms with Crippen LogP contribution in [0.25, 0.3) is 6.08 Å². The molecule has 40 heavy (non-hydrogen) atoms. The minimum absolute atomic E-state index is 0.119. The monoisotopic (exact) mass is 557 g/mol. The van der Waals surface area contributed by atoms with Crippen LogP contribution in [0.1, 0.15) is 53.0 Å². The molecule has 0 radical (unpaired) electrons. The van der Waals surface area contributed by atoms with Crippen LogP contribution in [0.2, 0.25) is 0 Å². The third-order valence-electron chi connectivity index (χ3n) is 7.27. The number of methoxy groups -OCH3 is 1. The normalized spacial score (nSPS) is 22.6. The molecule has 4 amide bonds. The maximum atomic E-state index is 13.9. The van der Waals surface area contributed by atoms with E-state index in [-0.39, 0.29) is 36.1 Å². The number of hydrogen-bond donors (Lipinski definition) is 4. The van der Waals surface area contributed by atoms with Gasteiger partial charge in [0.1, 0.15) is 35.7 Å². The first-order chi connectivity index (χ1) is 19.0. The number of nitrogens with zero attached hydrogens (tertiary/aromatic N) is 1. The summed E-state index contributed by atoms with van der Waals surface area (Å²) in [5, 5.41) is 11.4. The van der Waals surface area contributed by atoms with Gasteiger partial charge in [-0.05, 0) is 56.5 Å². The predicted octanol–water partition coefficient (Wildman–Crippen LogP) is 1.42. The molecule has 1 saturated heterocycles. The smallest absolute Gasteiger partial charge is 0.247 e. The first-order valence-electron chi connectivity index (χ1n) is 13.9. The molecule has 4 N–H and O–H groups in total. The topological polar surface area (TPSA) is 138 Å². The Morgan fingerprint density at radius 2 is 1.88 bits per heavy atom. The van der Waals surface area contributed by atoms with Crippen LogP contribution >= 0.6 is 0 Å². The Morgan fingerprint density at radius 3 is 2.50 bits per heavy atom. The summed E-state index contributed by atoms with van der Waals surface area (Å²) in [7, 11) is 3.22. The Labute approximate surface area is 236 Å². The number of ether oxygens (including phenoxy) is 2. The molecule has 2 heterocycles. The molecule has 220 valence electrons. The summed E-state index contributed by atoms with van der Waals surface area (Å²) in [4.78, 5) is 55.0. The largest absolute Gasteiger partial charge is 0.496 e. The van der Waals surface area contributed by atoms with E-state index in [1.54, 1.807) is 45.4 Å². The van der Waals surface area contributed by atoms with E-state index in [1.165, 1.54) is 11.1 Å². The van der Waals surface area contributed by atoms with Gasteiger partial charge in [0.2, 0.25) is 23.6 Å². The van der Waals surface area contributed by atoms with Crippen molar-refractivity contribution in [1.82, 2.24) is 26.2 Å². The summed E-state index contributed by atoms with van der Waals surface area (Å²) in [6.45, 7) is 9.58. The number of rotatable bonds is 8. The highest BCUT2D eigenvalue weighted by Gasteiger charge is 2.46. The molecule has 0 saturated carbocycles. The minimum Gasteiger partial charge on any atom is -0.496 e. The van der Waals surface area contributed by atoms with Gasteiger partial charge < -0.3 is 35.6 Å². The predicted molar refractivity (Wildman–Crippen MR) is 151 cm³/mol. The average molecular weight is 558 g/mol. The first kappa shape index (κ1) is 30.9. The van der Waals surface area contributed by atoms with E-state index in [0.29, 0.717) is 29.9 Å². The van der Waals surface area contributed by atoms with E-state index in [1.807, 2.05) is 27.7 Å². The number of fused-ring (bicyclic) bond motifs is 3. The van der Waals surface area contributed by atoms with Gasteiger partial charge in [0.15, 0.2) is 0 Å². The molecule has 11 heteroatoms. The van der Waals surface area contributed by atoms with Crippen LogP contribution in [0.3, 0.4) is 0 Å². The summed E-state index contributed by atoms with van der Waals surface area (Å²) in [5.74, 6) is -0.551. The quantitative estimate of drug-likeness (QED) is 0.379. The molecule has 1 fully saturated rings. The van der Waals surface area contributed by atoms with E-state index in [0.717, 1.165) is 0 Å². The van der Waals surface area contributed by atoms with Crippen molar-refractivity contribution >= 4 is 29.7 Å². The maximum Gasteiger partial charge on any atom is 0.247 e. The van der Waals surface area contributed by atoms with Gasteiger partial charge in [-0.25, -0.2) is 0 Å². The van der Waals surface area contributed by atoms with Crippen molar-refractivity contribution in [2.24, 2.45) is 11.8 Å². The SMILES string of the molecule is CNC(C)C(=O)NC(C(=O)N1CCC2Oc3ccc(OC)c(c3)C=CNC(=O)C(CC(C)C)NC(=O)C21)C(C)C. The second kappa shape index (κ2) is 13.6. The van der Waals surface area contributed by atoms with Crippen molar-refractivity contribution in [3.63, 3.8) is 0 Å². The summed E-state index contributed by atoms with van der Waals surface area (Å²) >= 11 is 0. The number of likely N-dealkylation sites (N-methyl/N-ethyl adjacent to an activating group) is 1. The number of carbonyl (C=O) groups is 4. The fourth-order valence-electron chi connectivity index (χ4n) is 4.91. The van der Waals surface area contributed by atoms with Crippen molar-refractivity contribution in [2.45, 2.75) is 77.7 Å². The van der Waals surface area contributed by atoms with Gasteiger partial charge in [-0.1, -0.05) is 27.7 Å². The number of benzene rings is 1.